The first-order chi connectivity index (χ1) is 7.81. The predicted molar refractivity (Wildman–Crippen MR) is 73.2 cm³/mol. The summed E-state index contributed by atoms with van der Waals surface area (Å²) in [4.78, 5) is 5.95. The maximum Gasteiger partial charge on any atom is 0.0936 e. The van der Waals surface area contributed by atoms with Crippen LogP contribution in [0.15, 0.2) is 21.3 Å². The highest BCUT2D eigenvalue weighted by Gasteiger charge is 2.18. The monoisotopic (exact) mass is 314 g/mol. The molecule has 0 spiro atoms. The highest BCUT2D eigenvalue weighted by atomic mass is 79.9. The molecule has 84 valence electrons. The van der Waals surface area contributed by atoms with E-state index in [9.17, 15) is 0 Å². The van der Waals surface area contributed by atoms with Gasteiger partial charge in [0.05, 0.1) is 19.4 Å². The maximum absolute atomic E-state index is 4.70. The second-order valence-corrected chi connectivity index (χ2v) is 7.36. The average Bonchev–Trinajstić information content (AvgIpc) is 2.80. The molecule has 3 rings (SSSR count). The van der Waals surface area contributed by atoms with Crippen LogP contribution in [0.1, 0.15) is 5.01 Å². The molecule has 0 aliphatic carbocycles. The lowest BCUT2D eigenvalue weighted by Crippen LogP contribution is -2.43. The van der Waals surface area contributed by atoms with Gasteiger partial charge >= 0.3 is 0 Å². The molecule has 0 bridgehead atoms. The number of hydrogen-bond donors (Lipinski definition) is 1. The molecule has 2 nitrogen and oxygen atoms in total. The topological polar surface area (TPSA) is 24.9 Å². The van der Waals surface area contributed by atoms with Gasteiger partial charge in [0, 0.05) is 11.8 Å². The van der Waals surface area contributed by atoms with E-state index in [2.05, 4.69) is 38.8 Å². The number of nitrogens with one attached hydrogen (secondary N) is 1. The van der Waals surface area contributed by atoms with Gasteiger partial charge in [-0.25, -0.2) is 4.98 Å². The minimum Gasteiger partial charge on any atom is -0.316 e. The third-order valence-corrected chi connectivity index (χ3v) is 5.22. The molecule has 2 aromatic heterocycles. The standard InChI is InChI=1S/C11H11BrN2S2/c12-10-2-1-9(16-10)8-6-15-11(14-8)3-7-4-13-5-7/h1-2,6-7,13H,3-5H2. The molecule has 1 aliphatic heterocycles. The first-order valence-electron chi connectivity index (χ1n) is 5.22. The van der Waals surface area contributed by atoms with Crippen LogP contribution in [-0.2, 0) is 6.42 Å². The van der Waals surface area contributed by atoms with Gasteiger partial charge in [-0.1, -0.05) is 0 Å². The van der Waals surface area contributed by atoms with Crippen molar-refractivity contribution in [3.63, 3.8) is 0 Å². The summed E-state index contributed by atoms with van der Waals surface area (Å²) in [7, 11) is 0. The molecular weight excluding hydrogens is 304 g/mol. The number of thiazole rings is 1. The van der Waals surface area contributed by atoms with E-state index in [1.807, 2.05) is 0 Å². The van der Waals surface area contributed by atoms with Crippen molar-refractivity contribution in [3.8, 4) is 10.6 Å². The van der Waals surface area contributed by atoms with Crippen LogP contribution in [0, 0.1) is 5.92 Å². The summed E-state index contributed by atoms with van der Waals surface area (Å²) in [5.74, 6) is 0.800. The van der Waals surface area contributed by atoms with Crippen LogP contribution in [0.3, 0.4) is 0 Å². The number of hydrogen-bond acceptors (Lipinski definition) is 4. The number of rotatable bonds is 3. The summed E-state index contributed by atoms with van der Waals surface area (Å²) < 4.78 is 1.17. The fourth-order valence-corrected chi connectivity index (χ4v) is 4.04. The average molecular weight is 315 g/mol. The van der Waals surface area contributed by atoms with Crippen LogP contribution in [0.2, 0.25) is 0 Å². The normalized spacial score (nSPS) is 16.3. The Balaban J connectivity index is 1.76. The molecule has 1 fully saturated rings. The van der Waals surface area contributed by atoms with Gasteiger partial charge in [-0.3, -0.25) is 0 Å². The zero-order chi connectivity index (χ0) is 11.0. The van der Waals surface area contributed by atoms with E-state index in [0.29, 0.717) is 0 Å². The molecule has 0 amide bonds. The van der Waals surface area contributed by atoms with Crippen molar-refractivity contribution in [2.45, 2.75) is 6.42 Å². The Bertz CT molecular complexity index is 488. The predicted octanol–water partition coefficient (Wildman–Crippen LogP) is 3.40. The lowest BCUT2D eigenvalue weighted by atomic mass is 10.0. The second-order valence-electron chi connectivity index (χ2n) is 3.96. The molecule has 0 unspecified atom stereocenters. The number of nitrogens with zero attached hydrogens (tertiary/aromatic N) is 1. The summed E-state index contributed by atoms with van der Waals surface area (Å²) in [6.45, 7) is 2.30. The van der Waals surface area contributed by atoms with Crippen LogP contribution < -0.4 is 5.32 Å². The summed E-state index contributed by atoms with van der Waals surface area (Å²) in [5, 5.41) is 6.73. The van der Waals surface area contributed by atoms with Crippen molar-refractivity contribution >= 4 is 38.6 Å². The van der Waals surface area contributed by atoms with E-state index in [4.69, 9.17) is 4.98 Å². The van der Waals surface area contributed by atoms with Gasteiger partial charge in [0.25, 0.3) is 0 Å². The van der Waals surface area contributed by atoms with Crippen molar-refractivity contribution in [2.75, 3.05) is 13.1 Å². The number of aromatic nitrogens is 1. The zero-order valence-corrected chi connectivity index (χ0v) is 11.8. The molecule has 1 N–H and O–H groups in total. The van der Waals surface area contributed by atoms with Crippen LogP contribution in [-0.4, -0.2) is 18.1 Å². The Hall–Kier alpha value is -0.230. The molecule has 3 heterocycles. The second kappa shape index (κ2) is 4.56. The van der Waals surface area contributed by atoms with Gasteiger partial charge in [-0.05, 0) is 47.1 Å². The lowest BCUT2D eigenvalue weighted by Gasteiger charge is -2.25. The zero-order valence-electron chi connectivity index (χ0n) is 8.57. The first-order valence-corrected chi connectivity index (χ1v) is 7.71. The quantitative estimate of drug-likeness (QED) is 0.939. The van der Waals surface area contributed by atoms with Gasteiger partial charge in [-0.15, -0.1) is 22.7 Å². The van der Waals surface area contributed by atoms with Crippen LogP contribution >= 0.6 is 38.6 Å². The summed E-state index contributed by atoms with van der Waals surface area (Å²) in [6.07, 6.45) is 1.13. The minimum absolute atomic E-state index is 0.800. The lowest BCUT2D eigenvalue weighted by molar-refractivity contribution is 0.346. The smallest absolute Gasteiger partial charge is 0.0936 e. The molecule has 0 saturated carbocycles. The SMILES string of the molecule is Brc1ccc(-c2csc(CC3CNC3)n2)s1. The van der Waals surface area contributed by atoms with Crippen molar-refractivity contribution in [1.82, 2.24) is 10.3 Å². The van der Waals surface area contributed by atoms with Crippen LogP contribution in [0.4, 0.5) is 0 Å². The maximum atomic E-state index is 4.70. The van der Waals surface area contributed by atoms with E-state index in [1.54, 1.807) is 22.7 Å². The fourth-order valence-electron chi connectivity index (χ4n) is 1.71. The third-order valence-electron chi connectivity index (χ3n) is 2.71. The van der Waals surface area contributed by atoms with Gasteiger partial charge in [-0.2, -0.15) is 0 Å². The molecular formula is C11H11BrN2S2. The Morgan fingerprint density at radius 3 is 2.94 bits per heavy atom. The molecule has 2 aromatic rings. The first kappa shape index (κ1) is 10.9. The van der Waals surface area contributed by atoms with Crippen molar-refractivity contribution in [3.05, 3.63) is 26.3 Å². The van der Waals surface area contributed by atoms with Gasteiger partial charge < -0.3 is 5.32 Å². The highest BCUT2D eigenvalue weighted by molar-refractivity contribution is 9.11. The van der Waals surface area contributed by atoms with E-state index in [-0.39, 0.29) is 0 Å². The molecule has 0 radical (unpaired) electrons. The van der Waals surface area contributed by atoms with Crippen LogP contribution in [0.5, 0.6) is 0 Å². The fraction of sp³-hybridized carbons (Fsp3) is 0.364. The van der Waals surface area contributed by atoms with E-state index < -0.39 is 0 Å². The van der Waals surface area contributed by atoms with E-state index in [1.165, 1.54) is 13.7 Å². The Morgan fingerprint density at radius 1 is 1.44 bits per heavy atom. The Morgan fingerprint density at radius 2 is 2.31 bits per heavy atom. The van der Waals surface area contributed by atoms with Crippen LogP contribution in [0.25, 0.3) is 10.6 Å². The molecule has 1 aliphatic rings. The molecule has 0 aromatic carbocycles. The van der Waals surface area contributed by atoms with Gasteiger partial charge in [0.1, 0.15) is 0 Å². The van der Waals surface area contributed by atoms with Gasteiger partial charge in [0.15, 0.2) is 0 Å². The summed E-state index contributed by atoms with van der Waals surface area (Å²) in [5.41, 5.74) is 1.13. The third kappa shape index (κ3) is 2.22. The van der Waals surface area contributed by atoms with Crippen molar-refractivity contribution < 1.29 is 0 Å². The molecule has 5 heteroatoms. The van der Waals surface area contributed by atoms with E-state index in [0.717, 1.165) is 31.1 Å². The highest BCUT2D eigenvalue weighted by Crippen LogP contribution is 2.32. The Kier molecular flexibility index (Phi) is 3.11. The number of halogens is 1. The molecule has 16 heavy (non-hydrogen) atoms. The summed E-state index contributed by atoms with van der Waals surface area (Å²) in [6, 6.07) is 4.20. The largest absolute Gasteiger partial charge is 0.316 e. The number of thiophene rings is 1. The Labute approximate surface area is 111 Å². The minimum atomic E-state index is 0.800. The van der Waals surface area contributed by atoms with Crippen molar-refractivity contribution in [1.29, 1.82) is 0 Å². The summed E-state index contributed by atoms with van der Waals surface area (Å²) >= 11 is 7.01. The molecule has 1 saturated heterocycles. The van der Waals surface area contributed by atoms with E-state index >= 15 is 0 Å². The van der Waals surface area contributed by atoms with Gasteiger partial charge in [0.2, 0.25) is 0 Å². The van der Waals surface area contributed by atoms with Crippen molar-refractivity contribution in [2.24, 2.45) is 5.92 Å². The molecule has 0 atom stereocenters.